The molecule has 2 aromatic rings. The molecule has 1 N–H and O–H groups in total. The normalized spacial score (nSPS) is 20.7. The van der Waals surface area contributed by atoms with E-state index in [-0.39, 0.29) is 11.7 Å². The lowest BCUT2D eigenvalue weighted by molar-refractivity contribution is -0.0343. The maximum Gasteiger partial charge on any atom is 0.272 e. The average Bonchev–Trinajstić information content (AvgIpc) is 3.24. The lowest BCUT2D eigenvalue weighted by Crippen LogP contribution is -2.42. The van der Waals surface area contributed by atoms with Crippen LogP contribution in [0.2, 0.25) is 0 Å². The molecule has 1 saturated heterocycles. The Morgan fingerprint density at radius 1 is 1.43 bits per heavy atom. The monoisotopic (exact) mass is 319 g/mol. The fraction of sp³-hybridized carbons (Fsp3) is 0.375. The van der Waals surface area contributed by atoms with Crippen molar-refractivity contribution in [2.24, 2.45) is 0 Å². The molecule has 23 heavy (non-hydrogen) atoms. The number of imidazole rings is 1. The van der Waals surface area contributed by atoms with Crippen LogP contribution in [0, 0.1) is 5.82 Å². The summed E-state index contributed by atoms with van der Waals surface area (Å²) in [6, 6.07) is 5.83. The van der Waals surface area contributed by atoms with Crippen molar-refractivity contribution in [1.82, 2.24) is 14.9 Å². The number of likely N-dealkylation sites (tertiary alicyclic amines) is 1. The fourth-order valence-electron chi connectivity index (χ4n) is 2.65. The Kier molecular flexibility index (Phi) is 4.29. The maximum absolute atomic E-state index is 12.9. The second-order valence-corrected chi connectivity index (χ2v) is 5.57. The Bertz CT molecular complexity index is 660. The van der Waals surface area contributed by atoms with Crippen LogP contribution in [-0.4, -0.2) is 53.2 Å². The van der Waals surface area contributed by atoms with Gasteiger partial charge >= 0.3 is 0 Å². The van der Waals surface area contributed by atoms with E-state index in [1.165, 1.54) is 24.7 Å². The number of nitrogens with one attached hydrogen (secondary N) is 1. The third kappa shape index (κ3) is 3.34. The summed E-state index contributed by atoms with van der Waals surface area (Å²) in [5.74, 6) is 0.153. The van der Waals surface area contributed by atoms with Gasteiger partial charge in [-0.05, 0) is 30.7 Å². The maximum atomic E-state index is 12.9. The van der Waals surface area contributed by atoms with E-state index in [1.807, 2.05) is 0 Å². The summed E-state index contributed by atoms with van der Waals surface area (Å²) in [4.78, 5) is 20.7. The molecule has 2 heterocycles. The van der Waals surface area contributed by atoms with Crippen LogP contribution in [0.15, 0.2) is 36.8 Å². The first-order valence-corrected chi connectivity index (χ1v) is 7.33. The van der Waals surface area contributed by atoms with Crippen LogP contribution in [0.1, 0.15) is 16.9 Å². The molecule has 0 bridgehead atoms. The van der Waals surface area contributed by atoms with E-state index in [1.54, 1.807) is 24.1 Å². The third-order valence-electron chi connectivity index (χ3n) is 4.08. The zero-order valence-electron chi connectivity index (χ0n) is 12.8. The molecule has 0 radical (unpaired) electrons. The SMILES string of the molecule is COC1(COc2ccc(F)cc2)CCN(C(=O)c2cnc[nH]2)C1. The van der Waals surface area contributed by atoms with Gasteiger partial charge in [0.2, 0.25) is 0 Å². The predicted molar refractivity (Wildman–Crippen MR) is 80.7 cm³/mol. The van der Waals surface area contributed by atoms with E-state index >= 15 is 0 Å². The summed E-state index contributed by atoms with van der Waals surface area (Å²) >= 11 is 0. The highest BCUT2D eigenvalue weighted by Crippen LogP contribution is 2.27. The molecule has 1 aromatic carbocycles. The highest BCUT2D eigenvalue weighted by molar-refractivity contribution is 5.92. The smallest absolute Gasteiger partial charge is 0.272 e. The molecule has 122 valence electrons. The molecule has 1 amide bonds. The number of carbonyl (C=O) groups is 1. The van der Waals surface area contributed by atoms with Gasteiger partial charge in [-0.2, -0.15) is 0 Å². The van der Waals surface area contributed by atoms with E-state index in [4.69, 9.17) is 9.47 Å². The van der Waals surface area contributed by atoms with Gasteiger partial charge in [0, 0.05) is 13.7 Å². The number of ether oxygens (including phenoxy) is 2. The number of rotatable bonds is 5. The molecule has 1 fully saturated rings. The standard InChI is InChI=1S/C16H18FN3O3/c1-22-16(10-23-13-4-2-12(17)3-5-13)6-7-20(9-16)15(21)14-8-18-11-19-14/h2-5,8,11H,6-7,9-10H2,1H3,(H,18,19). The zero-order valence-corrected chi connectivity index (χ0v) is 12.8. The minimum Gasteiger partial charge on any atom is -0.491 e. The van der Waals surface area contributed by atoms with Crippen molar-refractivity contribution in [1.29, 1.82) is 0 Å². The van der Waals surface area contributed by atoms with Crippen LogP contribution < -0.4 is 4.74 Å². The van der Waals surface area contributed by atoms with Gasteiger partial charge in [0.05, 0.1) is 19.1 Å². The molecule has 1 unspecified atom stereocenters. The Hall–Kier alpha value is -2.41. The third-order valence-corrected chi connectivity index (χ3v) is 4.08. The first-order valence-electron chi connectivity index (χ1n) is 7.33. The first kappa shape index (κ1) is 15.5. The van der Waals surface area contributed by atoms with Crippen molar-refractivity contribution in [3.63, 3.8) is 0 Å². The van der Waals surface area contributed by atoms with Crippen LogP contribution in [0.5, 0.6) is 5.75 Å². The van der Waals surface area contributed by atoms with Gasteiger partial charge in [-0.25, -0.2) is 9.37 Å². The van der Waals surface area contributed by atoms with Crippen molar-refractivity contribution in [3.8, 4) is 5.75 Å². The second kappa shape index (κ2) is 6.37. The summed E-state index contributed by atoms with van der Waals surface area (Å²) < 4.78 is 24.2. The quantitative estimate of drug-likeness (QED) is 0.913. The zero-order chi connectivity index (χ0) is 16.3. The molecular formula is C16H18FN3O3. The van der Waals surface area contributed by atoms with Crippen molar-refractivity contribution < 1.29 is 18.7 Å². The van der Waals surface area contributed by atoms with Crippen LogP contribution in [0.25, 0.3) is 0 Å². The molecule has 6 nitrogen and oxygen atoms in total. The molecule has 7 heteroatoms. The second-order valence-electron chi connectivity index (χ2n) is 5.57. The highest BCUT2D eigenvalue weighted by atomic mass is 19.1. The fourth-order valence-corrected chi connectivity index (χ4v) is 2.65. The van der Waals surface area contributed by atoms with Crippen molar-refractivity contribution in [2.45, 2.75) is 12.0 Å². The summed E-state index contributed by atoms with van der Waals surface area (Å²) in [5, 5.41) is 0. The number of carbonyl (C=O) groups excluding carboxylic acids is 1. The highest BCUT2D eigenvalue weighted by Gasteiger charge is 2.41. The van der Waals surface area contributed by atoms with Crippen molar-refractivity contribution >= 4 is 5.91 Å². The topological polar surface area (TPSA) is 67.5 Å². The molecule has 0 spiro atoms. The lowest BCUT2D eigenvalue weighted by Gasteiger charge is -2.27. The molecule has 1 aliphatic heterocycles. The molecule has 1 aromatic heterocycles. The van der Waals surface area contributed by atoms with Gasteiger partial charge in [-0.3, -0.25) is 4.79 Å². The predicted octanol–water partition coefficient (Wildman–Crippen LogP) is 1.86. The first-order chi connectivity index (χ1) is 11.1. The van der Waals surface area contributed by atoms with Crippen molar-refractivity contribution in [3.05, 3.63) is 48.3 Å². The molecule has 1 aliphatic rings. The van der Waals surface area contributed by atoms with E-state index in [0.717, 1.165) is 0 Å². The summed E-state index contributed by atoms with van der Waals surface area (Å²) in [6.45, 7) is 1.31. The number of methoxy groups -OCH3 is 1. The average molecular weight is 319 g/mol. The van der Waals surface area contributed by atoms with Crippen LogP contribution in [-0.2, 0) is 4.74 Å². The molecular weight excluding hydrogens is 301 g/mol. The number of hydrogen-bond donors (Lipinski definition) is 1. The molecule has 3 rings (SSSR count). The minimum atomic E-state index is -0.565. The Morgan fingerprint density at radius 2 is 2.22 bits per heavy atom. The Labute approximate surface area is 133 Å². The van der Waals surface area contributed by atoms with Crippen LogP contribution in [0.4, 0.5) is 4.39 Å². The van der Waals surface area contributed by atoms with Gasteiger partial charge in [0.25, 0.3) is 5.91 Å². The lowest BCUT2D eigenvalue weighted by atomic mass is 10.0. The van der Waals surface area contributed by atoms with Gasteiger partial charge < -0.3 is 19.4 Å². The van der Waals surface area contributed by atoms with Gasteiger partial charge in [0.15, 0.2) is 0 Å². The van der Waals surface area contributed by atoms with Crippen LogP contribution in [0.3, 0.4) is 0 Å². The number of hydrogen-bond acceptors (Lipinski definition) is 4. The molecule has 0 aliphatic carbocycles. The Balaban J connectivity index is 1.63. The number of benzene rings is 1. The summed E-state index contributed by atoms with van der Waals surface area (Å²) in [6.07, 6.45) is 3.65. The number of amides is 1. The van der Waals surface area contributed by atoms with E-state index in [2.05, 4.69) is 9.97 Å². The van der Waals surface area contributed by atoms with Crippen LogP contribution >= 0.6 is 0 Å². The number of aromatic amines is 1. The van der Waals surface area contributed by atoms with E-state index in [9.17, 15) is 9.18 Å². The van der Waals surface area contributed by atoms with Gasteiger partial charge in [-0.15, -0.1) is 0 Å². The van der Waals surface area contributed by atoms with Gasteiger partial charge in [-0.1, -0.05) is 0 Å². The minimum absolute atomic E-state index is 0.108. The summed E-state index contributed by atoms with van der Waals surface area (Å²) in [5.41, 5.74) is -0.110. The number of halogens is 1. The molecule has 1 atom stereocenters. The molecule has 0 saturated carbocycles. The van der Waals surface area contributed by atoms with Gasteiger partial charge in [0.1, 0.15) is 29.5 Å². The van der Waals surface area contributed by atoms with E-state index < -0.39 is 5.60 Å². The van der Waals surface area contributed by atoms with Crippen molar-refractivity contribution in [2.75, 3.05) is 26.8 Å². The number of aromatic nitrogens is 2. The van der Waals surface area contributed by atoms with E-state index in [0.29, 0.717) is 37.6 Å². The number of H-pyrrole nitrogens is 1. The number of nitrogens with zero attached hydrogens (tertiary/aromatic N) is 2. The summed E-state index contributed by atoms with van der Waals surface area (Å²) in [7, 11) is 1.61. The largest absolute Gasteiger partial charge is 0.491 e. The Morgan fingerprint density at radius 3 is 2.87 bits per heavy atom.